The molecule has 17 heteroatoms. The minimum absolute atomic E-state index is 0.352. The van der Waals surface area contributed by atoms with E-state index in [-0.39, 0.29) is 0 Å². The van der Waals surface area contributed by atoms with Crippen LogP contribution in [0.15, 0.2) is 0 Å². The first-order valence-electron chi connectivity index (χ1n) is 7.37. The van der Waals surface area contributed by atoms with Crippen LogP contribution in [0.25, 0.3) is 0 Å². The normalized spacial score (nSPS) is 16.4. The first kappa shape index (κ1) is 28.4. The lowest BCUT2D eigenvalue weighted by Gasteiger charge is -2.41. The van der Waals surface area contributed by atoms with E-state index in [0.29, 0.717) is 6.92 Å². The molecule has 0 amide bonds. The van der Waals surface area contributed by atoms with Gasteiger partial charge in [-0.2, -0.15) is 65.9 Å². The molecule has 0 aliphatic carbocycles. The molecule has 180 valence electrons. The summed E-state index contributed by atoms with van der Waals surface area (Å²) in [6, 6.07) is 0. The van der Waals surface area contributed by atoms with Crippen LogP contribution in [0.4, 0.5) is 65.9 Å². The van der Waals surface area contributed by atoms with Gasteiger partial charge >= 0.3 is 47.7 Å². The van der Waals surface area contributed by atoms with Gasteiger partial charge in [0, 0.05) is 6.42 Å². The molecule has 0 bridgehead atoms. The molecule has 0 rings (SSSR count). The average Bonchev–Trinajstić information content (AvgIpc) is 2.52. The highest BCUT2D eigenvalue weighted by atomic mass is 19.4. The molecule has 0 aliphatic rings. The number of esters is 1. The zero-order chi connectivity index (χ0) is 24.8. The van der Waals surface area contributed by atoms with Crippen LogP contribution in [-0.2, 0) is 9.53 Å². The van der Waals surface area contributed by atoms with Crippen LogP contribution < -0.4 is 0 Å². The number of rotatable bonds is 9. The summed E-state index contributed by atoms with van der Waals surface area (Å²) in [6.45, 7) is 0.887. The van der Waals surface area contributed by atoms with Crippen LogP contribution >= 0.6 is 0 Å². The lowest BCUT2D eigenvalue weighted by atomic mass is 9.88. The van der Waals surface area contributed by atoms with Gasteiger partial charge in [0.05, 0.1) is 12.5 Å². The molecule has 0 saturated heterocycles. The fourth-order valence-electron chi connectivity index (χ4n) is 1.88. The average molecular weight is 484 g/mol. The van der Waals surface area contributed by atoms with Crippen molar-refractivity contribution in [2.24, 2.45) is 5.92 Å². The quantitative estimate of drug-likeness (QED) is 0.299. The number of hydrogen-bond acceptors (Lipinski definition) is 2. The summed E-state index contributed by atoms with van der Waals surface area (Å²) in [5, 5.41) is 0. The molecule has 0 aromatic carbocycles. The van der Waals surface area contributed by atoms with Crippen LogP contribution in [0, 0.1) is 5.92 Å². The van der Waals surface area contributed by atoms with Gasteiger partial charge in [-0.15, -0.1) is 0 Å². The molecule has 1 atom stereocenters. The van der Waals surface area contributed by atoms with Gasteiger partial charge in [0.2, 0.25) is 0 Å². The highest BCUT2D eigenvalue weighted by Crippen LogP contribution is 2.62. The Labute approximate surface area is 157 Å². The summed E-state index contributed by atoms with van der Waals surface area (Å²) in [6.07, 6.45) is -10.4. The van der Waals surface area contributed by atoms with Crippen molar-refractivity contribution in [3.05, 3.63) is 0 Å². The maximum atomic E-state index is 13.6. The van der Waals surface area contributed by atoms with E-state index in [4.69, 9.17) is 0 Å². The predicted molar refractivity (Wildman–Crippen MR) is 66.2 cm³/mol. The lowest BCUT2D eigenvalue weighted by molar-refractivity contribution is -0.452. The van der Waals surface area contributed by atoms with E-state index in [1.165, 1.54) is 0 Å². The first-order chi connectivity index (χ1) is 12.9. The maximum Gasteiger partial charge on any atom is 0.460 e. The molecule has 0 spiro atoms. The Morgan fingerprint density at radius 1 is 0.667 bits per heavy atom. The van der Waals surface area contributed by atoms with Gasteiger partial charge in [-0.05, 0) is 6.92 Å². The van der Waals surface area contributed by atoms with Gasteiger partial charge in [-0.1, -0.05) is 6.92 Å². The molecule has 0 N–H and O–H groups in total. The van der Waals surface area contributed by atoms with Gasteiger partial charge in [0.25, 0.3) is 0 Å². The fraction of sp³-hybridized carbons (Fsp3) is 0.923. The van der Waals surface area contributed by atoms with Crippen LogP contribution in [0.2, 0.25) is 0 Å². The molecule has 1 unspecified atom stereocenters. The Morgan fingerprint density at radius 2 is 1.00 bits per heavy atom. The molecule has 2 nitrogen and oxygen atoms in total. The van der Waals surface area contributed by atoms with E-state index >= 15 is 0 Å². The van der Waals surface area contributed by atoms with Crippen molar-refractivity contribution < 1.29 is 75.4 Å². The van der Waals surface area contributed by atoms with Gasteiger partial charge < -0.3 is 4.74 Å². The van der Waals surface area contributed by atoms with Crippen molar-refractivity contribution in [2.45, 2.75) is 62.0 Å². The summed E-state index contributed by atoms with van der Waals surface area (Å²) in [4.78, 5) is 11.1. The second-order valence-electron chi connectivity index (χ2n) is 5.93. The third-order valence-electron chi connectivity index (χ3n) is 3.64. The molecule has 0 fully saturated rings. The van der Waals surface area contributed by atoms with Crippen LogP contribution in [0.5, 0.6) is 0 Å². The minimum Gasteiger partial charge on any atom is -0.466 e. The number of alkyl halides is 15. The van der Waals surface area contributed by atoms with Gasteiger partial charge in [0.15, 0.2) is 0 Å². The van der Waals surface area contributed by atoms with Crippen molar-refractivity contribution in [1.82, 2.24) is 0 Å². The zero-order valence-corrected chi connectivity index (χ0v) is 14.5. The maximum absolute atomic E-state index is 13.6. The Kier molecular flexibility index (Phi) is 7.42. The fourth-order valence-corrected chi connectivity index (χ4v) is 1.88. The van der Waals surface area contributed by atoms with Gasteiger partial charge in [-0.25, -0.2) is 0 Å². The molecular formula is C13H11F15O2. The first-order valence-corrected chi connectivity index (χ1v) is 7.37. The molecule has 0 heterocycles. The molecule has 0 saturated carbocycles. The lowest BCUT2D eigenvalue weighted by Crippen LogP contribution is -2.72. The standard InChI is InChI=1S/C13H11F15O2/c1-3-30-6(29)5(2)4-7(14,15)8(16,17)9(18,19)10(20,21)11(22,23)12(24,25)13(26,27)28/h5H,3-4H2,1-2H3. The smallest absolute Gasteiger partial charge is 0.460 e. The van der Waals surface area contributed by atoms with Gasteiger partial charge in [-0.3, -0.25) is 4.79 Å². The molecule has 0 aromatic rings. The van der Waals surface area contributed by atoms with Crippen LogP contribution in [0.3, 0.4) is 0 Å². The third kappa shape index (κ3) is 4.11. The van der Waals surface area contributed by atoms with Crippen molar-refractivity contribution >= 4 is 5.97 Å². The Balaban J connectivity index is 6.32. The largest absolute Gasteiger partial charge is 0.466 e. The highest BCUT2D eigenvalue weighted by molar-refractivity contribution is 5.72. The Bertz CT molecular complexity index is 623. The number of ether oxygens (including phenoxy) is 1. The van der Waals surface area contributed by atoms with E-state index in [1.807, 2.05) is 0 Å². The Hall–Kier alpha value is -1.58. The SMILES string of the molecule is CCOC(=O)C(C)CC(F)(F)C(F)(F)C(F)(F)C(F)(F)C(F)(F)C(F)(F)C(F)(F)F. The summed E-state index contributed by atoms with van der Waals surface area (Å²) in [5.41, 5.74) is 0. The third-order valence-corrected chi connectivity index (χ3v) is 3.64. The molecule has 0 radical (unpaired) electrons. The van der Waals surface area contributed by atoms with E-state index in [2.05, 4.69) is 4.74 Å². The molecule has 0 aromatic heterocycles. The minimum atomic E-state index is -8.33. The summed E-state index contributed by atoms with van der Waals surface area (Å²) in [5.74, 6) is -51.0. The Morgan fingerprint density at radius 3 is 1.33 bits per heavy atom. The molecule has 30 heavy (non-hydrogen) atoms. The number of carbonyl (C=O) groups is 1. The van der Waals surface area contributed by atoms with Crippen molar-refractivity contribution in [2.75, 3.05) is 6.61 Å². The summed E-state index contributed by atoms with van der Waals surface area (Å²) in [7, 11) is 0. The molecular weight excluding hydrogens is 473 g/mol. The van der Waals surface area contributed by atoms with Gasteiger partial charge in [0.1, 0.15) is 0 Å². The summed E-state index contributed by atoms with van der Waals surface area (Å²) >= 11 is 0. The van der Waals surface area contributed by atoms with E-state index in [9.17, 15) is 70.7 Å². The molecule has 0 aliphatic heterocycles. The van der Waals surface area contributed by atoms with Crippen LogP contribution in [-0.4, -0.2) is 54.3 Å². The monoisotopic (exact) mass is 484 g/mol. The second-order valence-corrected chi connectivity index (χ2v) is 5.93. The second kappa shape index (κ2) is 7.84. The van der Waals surface area contributed by atoms with E-state index in [0.717, 1.165) is 6.92 Å². The number of carbonyl (C=O) groups excluding carboxylic acids is 1. The topological polar surface area (TPSA) is 26.3 Å². The van der Waals surface area contributed by atoms with E-state index < -0.39 is 66.6 Å². The van der Waals surface area contributed by atoms with Crippen molar-refractivity contribution in [3.8, 4) is 0 Å². The van der Waals surface area contributed by atoms with Crippen LogP contribution in [0.1, 0.15) is 20.3 Å². The van der Waals surface area contributed by atoms with Crippen molar-refractivity contribution in [3.63, 3.8) is 0 Å². The summed E-state index contributed by atoms with van der Waals surface area (Å²) < 4.78 is 199. The predicted octanol–water partition coefficient (Wildman–Crippen LogP) is 5.95. The van der Waals surface area contributed by atoms with Crippen molar-refractivity contribution in [1.29, 1.82) is 0 Å². The number of hydrogen-bond donors (Lipinski definition) is 0. The zero-order valence-electron chi connectivity index (χ0n) is 14.5. The highest BCUT2D eigenvalue weighted by Gasteiger charge is 2.93. The van der Waals surface area contributed by atoms with E-state index in [1.54, 1.807) is 0 Å². The number of halogens is 15.